The molecule has 110 valence electrons. The van der Waals surface area contributed by atoms with Crippen LogP contribution in [0.3, 0.4) is 0 Å². The van der Waals surface area contributed by atoms with Gasteiger partial charge in [0.15, 0.2) is 0 Å². The third kappa shape index (κ3) is 3.66. The first kappa shape index (κ1) is 16.1. The molecule has 2 nitrogen and oxygen atoms in total. The summed E-state index contributed by atoms with van der Waals surface area (Å²) in [6.07, 6.45) is 0. The van der Waals surface area contributed by atoms with Gasteiger partial charge in [0.1, 0.15) is 0 Å². The number of nitrogens with zero attached hydrogens (tertiary/aromatic N) is 1. The van der Waals surface area contributed by atoms with Gasteiger partial charge in [-0.3, -0.25) is 4.79 Å². The van der Waals surface area contributed by atoms with Crippen LogP contribution in [0.5, 0.6) is 0 Å². The van der Waals surface area contributed by atoms with Gasteiger partial charge in [-0.05, 0) is 49.2 Å². The lowest BCUT2D eigenvalue weighted by Gasteiger charge is -2.25. The molecule has 4 heteroatoms. The predicted octanol–water partition coefficient (Wildman–Crippen LogP) is 5.24. The van der Waals surface area contributed by atoms with E-state index in [-0.39, 0.29) is 11.9 Å². The molecule has 0 radical (unpaired) electrons. The Morgan fingerprint density at radius 1 is 1.19 bits per heavy atom. The minimum absolute atomic E-state index is 0.00171. The molecular weight excluding hydrogens is 350 g/mol. The molecule has 1 atom stereocenters. The average Bonchev–Trinajstić information content (AvgIpc) is 2.48. The minimum Gasteiger partial charge on any atom is -0.335 e. The summed E-state index contributed by atoms with van der Waals surface area (Å²) in [6, 6.07) is 13.2. The number of halogens is 2. The van der Waals surface area contributed by atoms with E-state index in [1.807, 2.05) is 63.4 Å². The zero-order valence-electron chi connectivity index (χ0n) is 12.2. The predicted molar refractivity (Wildman–Crippen MR) is 90.8 cm³/mol. The second-order valence-electron chi connectivity index (χ2n) is 5.11. The standard InChI is InChI=1S/C17H17BrClNO/c1-11-4-5-14(10-16(11)18)17(21)20(3)12(2)13-6-8-15(19)9-7-13/h4-10,12H,1-3H3. The van der Waals surface area contributed by atoms with Crippen molar-refractivity contribution < 1.29 is 4.79 Å². The Morgan fingerprint density at radius 2 is 1.81 bits per heavy atom. The fourth-order valence-electron chi connectivity index (χ4n) is 2.07. The second-order valence-corrected chi connectivity index (χ2v) is 6.40. The van der Waals surface area contributed by atoms with Crippen LogP contribution in [0.4, 0.5) is 0 Å². The normalized spacial score (nSPS) is 12.0. The van der Waals surface area contributed by atoms with Gasteiger partial charge in [-0.2, -0.15) is 0 Å². The van der Waals surface area contributed by atoms with Gasteiger partial charge < -0.3 is 4.90 Å². The van der Waals surface area contributed by atoms with Gasteiger partial charge >= 0.3 is 0 Å². The summed E-state index contributed by atoms with van der Waals surface area (Å²) in [7, 11) is 1.81. The molecular formula is C17H17BrClNO. The molecule has 2 aromatic carbocycles. The van der Waals surface area contributed by atoms with Crippen LogP contribution in [0.1, 0.15) is 34.5 Å². The van der Waals surface area contributed by atoms with Crippen LogP contribution in [-0.4, -0.2) is 17.9 Å². The van der Waals surface area contributed by atoms with Crippen LogP contribution in [0.15, 0.2) is 46.9 Å². The lowest BCUT2D eigenvalue weighted by Crippen LogP contribution is -2.29. The summed E-state index contributed by atoms with van der Waals surface area (Å²) in [5.74, 6) is -0.00171. The van der Waals surface area contributed by atoms with Crippen molar-refractivity contribution in [2.24, 2.45) is 0 Å². The van der Waals surface area contributed by atoms with E-state index >= 15 is 0 Å². The Hall–Kier alpha value is -1.32. The van der Waals surface area contributed by atoms with Crippen molar-refractivity contribution in [2.45, 2.75) is 19.9 Å². The largest absolute Gasteiger partial charge is 0.335 e. The van der Waals surface area contributed by atoms with Gasteiger partial charge in [0, 0.05) is 22.1 Å². The first-order valence-electron chi connectivity index (χ1n) is 6.69. The summed E-state index contributed by atoms with van der Waals surface area (Å²) in [5.41, 5.74) is 2.84. The zero-order chi connectivity index (χ0) is 15.6. The molecule has 0 saturated carbocycles. The highest BCUT2D eigenvalue weighted by Crippen LogP contribution is 2.24. The summed E-state index contributed by atoms with van der Waals surface area (Å²) >= 11 is 9.37. The maximum atomic E-state index is 12.6. The lowest BCUT2D eigenvalue weighted by atomic mass is 10.1. The second kappa shape index (κ2) is 6.63. The number of amides is 1. The molecule has 2 aromatic rings. The number of rotatable bonds is 3. The van der Waals surface area contributed by atoms with Crippen molar-refractivity contribution in [1.29, 1.82) is 0 Å². The van der Waals surface area contributed by atoms with Gasteiger partial charge in [0.25, 0.3) is 5.91 Å². The molecule has 0 aliphatic rings. The molecule has 1 unspecified atom stereocenters. The maximum absolute atomic E-state index is 12.6. The topological polar surface area (TPSA) is 20.3 Å². The third-order valence-corrected chi connectivity index (χ3v) is 4.78. The SMILES string of the molecule is Cc1ccc(C(=O)N(C)C(C)c2ccc(Cl)cc2)cc1Br. The number of aryl methyl sites for hydroxylation is 1. The first-order chi connectivity index (χ1) is 9.90. The van der Waals surface area contributed by atoms with Crippen molar-refractivity contribution in [1.82, 2.24) is 4.90 Å². The van der Waals surface area contributed by atoms with E-state index in [1.165, 1.54) is 0 Å². The zero-order valence-corrected chi connectivity index (χ0v) is 14.6. The quantitative estimate of drug-likeness (QED) is 0.727. The van der Waals surface area contributed by atoms with E-state index in [1.54, 1.807) is 4.90 Å². The summed E-state index contributed by atoms with van der Waals surface area (Å²) in [6.45, 7) is 4.00. The van der Waals surface area contributed by atoms with E-state index in [0.29, 0.717) is 10.6 Å². The van der Waals surface area contributed by atoms with Gasteiger partial charge in [0.2, 0.25) is 0 Å². The van der Waals surface area contributed by atoms with Crippen LogP contribution in [0.2, 0.25) is 5.02 Å². The average molecular weight is 367 g/mol. The smallest absolute Gasteiger partial charge is 0.254 e. The minimum atomic E-state index is -0.0187. The highest BCUT2D eigenvalue weighted by atomic mass is 79.9. The molecule has 0 saturated heterocycles. The maximum Gasteiger partial charge on any atom is 0.254 e. The molecule has 0 aliphatic carbocycles. The number of hydrogen-bond donors (Lipinski definition) is 0. The Balaban J connectivity index is 2.21. The number of benzene rings is 2. The van der Waals surface area contributed by atoms with Crippen molar-refractivity contribution in [3.63, 3.8) is 0 Å². The Labute approximate surface area is 138 Å². The van der Waals surface area contributed by atoms with E-state index in [4.69, 9.17) is 11.6 Å². The van der Waals surface area contributed by atoms with Gasteiger partial charge in [0.05, 0.1) is 6.04 Å². The highest BCUT2D eigenvalue weighted by Gasteiger charge is 2.19. The Bertz CT molecular complexity index is 654. The van der Waals surface area contributed by atoms with Crippen molar-refractivity contribution in [2.75, 3.05) is 7.05 Å². The molecule has 0 N–H and O–H groups in total. The number of carbonyl (C=O) groups is 1. The number of hydrogen-bond acceptors (Lipinski definition) is 1. The van der Waals surface area contributed by atoms with Gasteiger partial charge in [-0.1, -0.05) is 45.7 Å². The summed E-state index contributed by atoms with van der Waals surface area (Å²) in [4.78, 5) is 14.3. The molecule has 2 rings (SSSR count). The van der Waals surface area contributed by atoms with Crippen LogP contribution < -0.4 is 0 Å². The summed E-state index contributed by atoms with van der Waals surface area (Å²) < 4.78 is 0.945. The lowest BCUT2D eigenvalue weighted by molar-refractivity contribution is 0.0742. The summed E-state index contributed by atoms with van der Waals surface area (Å²) in [5, 5.41) is 0.697. The van der Waals surface area contributed by atoms with Crippen LogP contribution >= 0.6 is 27.5 Å². The van der Waals surface area contributed by atoms with Crippen LogP contribution in [0, 0.1) is 6.92 Å². The first-order valence-corrected chi connectivity index (χ1v) is 7.86. The fourth-order valence-corrected chi connectivity index (χ4v) is 2.58. The van der Waals surface area contributed by atoms with Crippen LogP contribution in [0.25, 0.3) is 0 Å². The molecule has 0 spiro atoms. The van der Waals surface area contributed by atoms with Gasteiger partial charge in [-0.25, -0.2) is 0 Å². The van der Waals surface area contributed by atoms with E-state index in [0.717, 1.165) is 15.6 Å². The molecule has 21 heavy (non-hydrogen) atoms. The monoisotopic (exact) mass is 365 g/mol. The number of carbonyl (C=O) groups excluding carboxylic acids is 1. The van der Waals surface area contributed by atoms with Crippen LogP contribution in [-0.2, 0) is 0 Å². The molecule has 0 bridgehead atoms. The molecule has 0 fully saturated rings. The molecule has 0 heterocycles. The van der Waals surface area contributed by atoms with Crippen molar-refractivity contribution >= 4 is 33.4 Å². The Morgan fingerprint density at radius 3 is 2.38 bits per heavy atom. The van der Waals surface area contributed by atoms with E-state index in [9.17, 15) is 4.79 Å². The molecule has 0 aromatic heterocycles. The van der Waals surface area contributed by atoms with Gasteiger partial charge in [-0.15, -0.1) is 0 Å². The van der Waals surface area contributed by atoms with E-state index < -0.39 is 0 Å². The highest BCUT2D eigenvalue weighted by molar-refractivity contribution is 9.10. The van der Waals surface area contributed by atoms with E-state index in [2.05, 4.69) is 15.9 Å². The molecule has 0 aliphatic heterocycles. The third-order valence-electron chi connectivity index (χ3n) is 3.67. The fraction of sp³-hybridized carbons (Fsp3) is 0.235. The Kier molecular flexibility index (Phi) is 5.07. The van der Waals surface area contributed by atoms with Crippen molar-refractivity contribution in [3.8, 4) is 0 Å². The van der Waals surface area contributed by atoms with Crippen molar-refractivity contribution in [3.05, 3.63) is 68.7 Å². The molecule has 1 amide bonds.